The molecule has 0 atom stereocenters. The van der Waals surface area contributed by atoms with Crippen molar-refractivity contribution in [1.29, 1.82) is 0 Å². The molecule has 2 amide bonds. The average molecular weight is 144 g/mol. The summed E-state index contributed by atoms with van der Waals surface area (Å²) in [4.78, 5) is 10.1. The minimum atomic E-state index is -0.596. The summed E-state index contributed by atoms with van der Waals surface area (Å²) in [5.74, 6) is 0. The Morgan fingerprint density at radius 2 is 2.67 bits per heavy atom. The fraction of sp³-hybridized carbons (Fsp3) is 0. The van der Waals surface area contributed by atoms with Gasteiger partial charge in [0, 0.05) is 11.5 Å². The lowest BCUT2D eigenvalue weighted by atomic mass is 10.8. The summed E-state index contributed by atoms with van der Waals surface area (Å²) in [6, 6.07) is -0.596. The molecule has 0 aromatic carbocycles. The predicted octanol–water partition coefficient (Wildman–Crippen LogP) is 0.0287. The van der Waals surface area contributed by atoms with Crippen LogP contribution in [-0.4, -0.2) is 15.6 Å². The van der Waals surface area contributed by atoms with Crippen molar-refractivity contribution >= 4 is 22.6 Å². The highest BCUT2D eigenvalue weighted by molar-refractivity contribution is 7.10. The number of hydrogen-bond donors (Lipinski definition) is 2. The Morgan fingerprint density at radius 1 is 1.89 bits per heavy atom. The second kappa shape index (κ2) is 2.40. The van der Waals surface area contributed by atoms with Crippen LogP contribution in [0.1, 0.15) is 0 Å². The Morgan fingerprint density at radius 3 is 3.11 bits per heavy atom. The molecule has 0 unspecified atom stereocenters. The highest BCUT2D eigenvalue weighted by atomic mass is 32.1. The van der Waals surface area contributed by atoms with E-state index in [2.05, 4.69) is 14.9 Å². The molecule has 1 rings (SSSR count). The first kappa shape index (κ1) is 5.96. The fourth-order valence-electron chi connectivity index (χ4n) is 0.344. The first-order valence-corrected chi connectivity index (χ1v) is 2.90. The second-order valence-corrected chi connectivity index (χ2v) is 2.06. The number of nitrogens with one attached hydrogen (secondary N) is 1. The molecular weight excluding hydrogens is 140 g/mol. The van der Waals surface area contributed by atoms with E-state index in [9.17, 15) is 4.79 Å². The van der Waals surface area contributed by atoms with E-state index >= 15 is 0 Å². The molecule has 0 saturated heterocycles. The quantitative estimate of drug-likeness (QED) is 0.583. The predicted molar refractivity (Wildman–Crippen MR) is 33.1 cm³/mol. The number of rotatable bonds is 1. The molecule has 48 valence electrons. The number of amides is 2. The van der Waals surface area contributed by atoms with Crippen molar-refractivity contribution in [3.8, 4) is 0 Å². The third-order valence-electron chi connectivity index (χ3n) is 0.608. The number of anilines is 1. The lowest BCUT2D eigenvalue weighted by Crippen LogP contribution is -2.18. The van der Waals surface area contributed by atoms with Crippen molar-refractivity contribution in [2.45, 2.75) is 0 Å². The molecule has 0 spiro atoms. The van der Waals surface area contributed by atoms with Gasteiger partial charge in [-0.1, -0.05) is 4.49 Å². The van der Waals surface area contributed by atoms with Crippen LogP contribution >= 0.6 is 11.5 Å². The van der Waals surface area contributed by atoms with Crippen molar-refractivity contribution in [2.24, 2.45) is 5.73 Å². The molecule has 1 aromatic rings. The third-order valence-corrected chi connectivity index (χ3v) is 1.19. The SMILES string of the molecule is NC(=O)Nc1cnns1. The summed E-state index contributed by atoms with van der Waals surface area (Å²) in [7, 11) is 0. The normalized spacial score (nSPS) is 8.89. The van der Waals surface area contributed by atoms with Gasteiger partial charge in [0.15, 0.2) is 0 Å². The lowest BCUT2D eigenvalue weighted by Gasteiger charge is -1.89. The minimum absolute atomic E-state index is 0.558. The summed E-state index contributed by atoms with van der Waals surface area (Å²) in [5, 5.41) is 6.35. The first-order valence-electron chi connectivity index (χ1n) is 2.13. The van der Waals surface area contributed by atoms with E-state index in [0.29, 0.717) is 5.00 Å². The van der Waals surface area contributed by atoms with Gasteiger partial charge < -0.3 is 5.73 Å². The number of carbonyl (C=O) groups is 1. The molecule has 6 heteroatoms. The molecule has 0 saturated carbocycles. The smallest absolute Gasteiger partial charge is 0.317 e. The summed E-state index contributed by atoms with van der Waals surface area (Å²) in [5.41, 5.74) is 4.78. The maximum atomic E-state index is 10.1. The van der Waals surface area contributed by atoms with Crippen LogP contribution in [-0.2, 0) is 0 Å². The molecular formula is C3H4N4OS. The van der Waals surface area contributed by atoms with Crippen LogP contribution in [0.3, 0.4) is 0 Å². The summed E-state index contributed by atoms with van der Waals surface area (Å²) >= 11 is 1.08. The van der Waals surface area contributed by atoms with Crippen LogP contribution in [0, 0.1) is 0 Å². The van der Waals surface area contributed by atoms with Crippen molar-refractivity contribution in [3.05, 3.63) is 6.20 Å². The molecule has 0 aliphatic carbocycles. The zero-order valence-electron chi connectivity index (χ0n) is 4.37. The minimum Gasteiger partial charge on any atom is -0.351 e. The Labute approximate surface area is 55.0 Å². The summed E-state index contributed by atoms with van der Waals surface area (Å²) in [6.45, 7) is 0. The van der Waals surface area contributed by atoms with E-state index < -0.39 is 6.03 Å². The van der Waals surface area contributed by atoms with E-state index in [-0.39, 0.29) is 0 Å². The van der Waals surface area contributed by atoms with E-state index in [4.69, 9.17) is 5.73 Å². The third kappa shape index (κ3) is 1.65. The number of nitrogens with two attached hydrogens (primary N) is 1. The van der Waals surface area contributed by atoms with Crippen LogP contribution in [0.15, 0.2) is 6.20 Å². The van der Waals surface area contributed by atoms with Gasteiger partial charge in [0.05, 0.1) is 6.20 Å². The maximum Gasteiger partial charge on any atom is 0.317 e. The summed E-state index contributed by atoms with van der Waals surface area (Å²) < 4.78 is 3.50. The van der Waals surface area contributed by atoms with Gasteiger partial charge in [-0.3, -0.25) is 5.32 Å². The fourth-order valence-corrected chi connectivity index (χ4v) is 0.766. The number of nitrogens with zero attached hydrogens (tertiary/aromatic N) is 2. The van der Waals surface area contributed by atoms with Crippen LogP contribution in [0.2, 0.25) is 0 Å². The van der Waals surface area contributed by atoms with E-state index in [0.717, 1.165) is 11.5 Å². The maximum absolute atomic E-state index is 10.1. The molecule has 1 heterocycles. The molecule has 0 aliphatic heterocycles. The van der Waals surface area contributed by atoms with Gasteiger partial charge in [-0.2, -0.15) is 0 Å². The zero-order chi connectivity index (χ0) is 6.69. The van der Waals surface area contributed by atoms with Gasteiger partial charge in [-0.25, -0.2) is 4.79 Å². The topological polar surface area (TPSA) is 80.9 Å². The zero-order valence-corrected chi connectivity index (χ0v) is 5.18. The molecule has 0 radical (unpaired) electrons. The highest BCUT2D eigenvalue weighted by Gasteiger charge is 1.95. The van der Waals surface area contributed by atoms with Gasteiger partial charge in [-0.05, 0) is 0 Å². The van der Waals surface area contributed by atoms with Crippen molar-refractivity contribution in [3.63, 3.8) is 0 Å². The van der Waals surface area contributed by atoms with Crippen LogP contribution in [0.4, 0.5) is 9.80 Å². The van der Waals surface area contributed by atoms with Crippen molar-refractivity contribution < 1.29 is 4.79 Å². The number of aromatic nitrogens is 2. The number of hydrogen-bond acceptors (Lipinski definition) is 4. The van der Waals surface area contributed by atoms with Gasteiger partial charge >= 0.3 is 6.03 Å². The van der Waals surface area contributed by atoms with E-state index in [1.807, 2.05) is 0 Å². The van der Waals surface area contributed by atoms with Crippen LogP contribution < -0.4 is 11.1 Å². The number of primary amides is 1. The average Bonchev–Trinajstić information content (AvgIpc) is 2.15. The molecule has 0 aliphatic rings. The van der Waals surface area contributed by atoms with Crippen molar-refractivity contribution in [1.82, 2.24) is 9.59 Å². The van der Waals surface area contributed by atoms with Gasteiger partial charge in [0.1, 0.15) is 5.00 Å². The lowest BCUT2D eigenvalue weighted by molar-refractivity contribution is 0.259. The number of urea groups is 1. The molecule has 0 fully saturated rings. The van der Waals surface area contributed by atoms with E-state index in [1.54, 1.807) is 0 Å². The Bertz CT molecular complexity index is 196. The highest BCUT2D eigenvalue weighted by Crippen LogP contribution is 2.07. The summed E-state index contributed by atoms with van der Waals surface area (Å²) in [6.07, 6.45) is 1.43. The Balaban J connectivity index is 2.58. The molecule has 3 N–H and O–H groups in total. The van der Waals surface area contributed by atoms with E-state index in [1.165, 1.54) is 6.20 Å². The number of carbonyl (C=O) groups excluding carboxylic acids is 1. The Kier molecular flexibility index (Phi) is 1.59. The molecule has 5 nitrogen and oxygen atoms in total. The van der Waals surface area contributed by atoms with Gasteiger partial charge in [-0.15, -0.1) is 5.10 Å². The largest absolute Gasteiger partial charge is 0.351 e. The van der Waals surface area contributed by atoms with Gasteiger partial charge in [0.25, 0.3) is 0 Å². The van der Waals surface area contributed by atoms with Crippen molar-refractivity contribution in [2.75, 3.05) is 5.32 Å². The molecule has 0 bridgehead atoms. The monoisotopic (exact) mass is 144 g/mol. The Hall–Kier alpha value is -1.17. The van der Waals surface area contributed by atoms with Crippen LogP contribution in [0.25, 0.3) is 0 Å². The van der Waals surface area contributed by atoms with Gasteiger partial charge in [0.2, 0.25) is 0 Å². The van der Waals surface area contributed by atoms with Crippen LogP contribution in [0.5, 0.6) is 0 Å². The standard InChI is InChI=1S/C3H4N4OS/c4-3(8)6-2-1-5-7-9-2/h1H,(H3,4,6,8). The molecule has 9 heavy (non-hydrogen) atoms. The second-order valence-electron chi connectivity index (χ2n) is 1.27. The first-order chi connectivity index (χ1) is 4.29. The molecule has 1 aromatic heterocycles.